The molecule has 2 aromatic carbocycles. The average Bonchev–Trinajstić information content (AvgIpc) is 2.94. The molecule has 0 bridgehead atoms. The lowest BCUT2D eigenvalue weighted by atomic mass is 10.1. The molecule has 142 valence electrons. The second-order valence-corrected chi connectivity index (χ2v) is 7.34. The highest BCUT2D eigenvalue weighted by atomic mass is 35.5. The molecule has 0 saturated carbocycles. The van der Waals surface area contributed by atoms with Gasteiger partial charge in [-0.25, -0.2) is 0 Å². The van der Waals surface area contributed by atoms with Crippen LogP contribution in [-0.4, -0.2) is 55.1 Å². The molecule has 0 atom stereocenters. The Kier molecular flexibility index (Phi) is 5.50. The molecule has 1 amide bonds. The Hall–Kier alpha value is -2.24. The molecule has 6 heteroatoms. The minimum absolute atomic E-state index is 0.0558. The molecule has 27 heavy (non-hydrogen) atoms. The van der Waals surface area contributed by atoms with Crippen LogP contribution in [0.5, 0.6) is 11.5 Å². The van der Waals surface area contributed by atoms with Gasteiger partial charge in [-0.3, -0.25) is 9.69 Å². The van der Waals surface area contributed by atoms with Crippen molar-refractivity contribution in [1.29, 1.82) is 0 Å². The molecule has 2 aromatic rings. The van der Waals surface area contributed by atoms with Crippen LogP contribution in [-0.2, 0) is 6.54 Å². The molecule has 2 aliphatic rings. The number of rotatable bonds is 3. The van der Waals surface area contributed by atoms with Gasteiger partial charge in [-0.05, 0) is 42.3 Å². The van der Waals surface area contributed by atoms with Crippen molar-refractivity contribution in [3.63, 3.8) is 0 Å². The van der Waals surface area contributed by atoms with E-state index >= 15 is 0 Å². The van der Waals surface area contributed by atoms with Crippen molar-refractivity contribution in [3.05, 3.63) is 58.6 Å². The maximum absolute atomic E-state index is 12.9. The monoisotopic (exact) mass is 386 g/mol. The van der Waals surface area contributed by atoms with Gasteiger partial charge in [0.2, 0.25) is 0 Å². The van der Waals surface area contributed by atoms with Crippen molar-refractivity contribution in [1.82, 2.24) is 9.80 Å². The zero-order valence-electron chi connectivity index (χ0n) is 15.2. The molecule has 0 unspecified atom stereocenters. The topological polar surface area (TPSA) is 42.0 Å². The first-order valence-corrected chi connectivity index (χ1v) is 9.72. The normalized spacial score (nSPS) is 17.4. The van der Waals surface area contributed by atoms with E-state index in [2.05, 4.69) is 17.0 Å². The minimum Gasteiger partial charge on any atom is -0.486 e. The van der Waals surface area contributed by atoms with E-state index < -0.39 is 0 Å². The van der Waals surface area contributed by atoms with E-state index in [1.165, 1.54) is 5.56 Å². The van der Waals surface area contributed by atoms with E-state index in [-0.39, 0.29) is 5.91 Å². The van der Waals surface area contributed by atoms with Crippen molar-refractivity contribution in [2.24, 2.45) is 0 Å². The predicted molar refractivity (Wildman–Crippen MR) is 105 cm³/mol. The number of ether oxygens (including phenoxy) is 2. The van der Waals surface area contributed by atoms with Gasteiger partial charge in [0.05, 0.1) is 0 Å². The van der Waals surface area contributed by atoms with Crippen molar-refractivity contribution in [3.8, 4) is 11.5 Å². The fourth-order valence-corrected chi connectivity index (χ4v) is 3.67. The van der Waals surface area contributed by atoms with Crippen molar-refractivity contribution >= 4 is 17.5 Å². The molecular weight excluding hydrogens is 364 g/mol. The lowest BCUT2D eigenvalue weighted by molar-refractivity contribution is 0.0760. The van der Waals surface area contributed by atoms with Gasteiger partial charge in [-0.1, -0.05) is 23.7 Å². The Morgan fingerprint density at radius 1 is 0.926 bits per heavy atom. The molecule has 4 rings (SSSR count). The molecule has 1 saturated heterocycles. The molecule has 5 nitrogen and oxygen atoms in total. The smallest absolute Gasteiger partial charge is 0.254 e. The third-order valence-electron chi connectivity index (χ3n) is 4.98. The molecule has 0 radical (unpaired) electrons. The summed E-state index contributed by atoms with van der Waals surface area (Å²) in [6.45, 7) is 5.28. The highest BCUT2D eigenvalue weighted by molar-refractivity contribution is 6.30. The van der Waals surface area contributed by atoms with Gasteiger partial charge < -0.3 is 14.4 Å². The quantitative estimate of drug-likeness (QED) is 0.810. The third-order valence-corrected chi connectivity index (χ3v) is 5.24. The van der Waals surface area contributed by atoms with Gasteiger partial charge in [-0.15, -0.1) is 0 Å². The van der Waals surface area contributed by atoms with Crippen LogP contribution in [0.25, 0.3) is 0 Å². The SMILES string of the molecule is O=C(c1ccc2c(c1)OCCO2)N1CCCN(Cc2ccc(Cl)cc2)CC1. The lowest BCUT2D eigenvalue weighted by Gasteiger charge is -2.23. The Bertz CT molecular complexity index is 810. The summed E-state index contributed by atoms with van der Waals surface area (Å²) >= 11 is 5.96. The fourth-order valence-electron chi connectivity index (χ4n) is 3.54. The number of carbonyl (C=O) groups excluding carboxylic acids is 1. The van der Waals surface area contributed by atoms with Gasteiger partial charge in [0.1, 0.15) is 13.2 Å². The largest absolute Gasteiger partial charge is 0.486 e. The summed E-state index contributed by atoms with van der Waals surface area (Å²) < 4.78 is 11.1. The number of benzene rings is 2. The van der Waals surface area contributed by atoms with Gasteiger partial charge in [0.15, 0.2) is 11.5 Å². The molecular formula is C21H23ClN2O3. The highest BCUT2D eigenvalue weighted by Gasteiger charge is 2.22. The summed E-state index contributed by atoms with van der Waals surface area (Å²) in [7, 11) is 0. The highest BCUT2D eigenvalue weighted by Crippen LogP contribution is 2.31. The molecule has 0 aromatic heterocycles. The van der Waals surface area contributed by atoms with E-state index in [9.17, 15) is 4.79 Å². The van der Waals surface area contributed by atoms with Crippen LogP contribution < -0.4 is 9.47 Å². The Morgan fingerprint density at radius 3 is 2.52 bits per heavy atom. The zero-order valence-corrected chi connectivity index (χ0v) is 16.0. The van der Waals surface area contributed by atoms with Crippen molar-refractivity contribution in [2.45, 2.75) is 13.0 Å². The second-order valence-electron chi connectivity index (χ2n) is 6.91. The van der Waals surface area contributed by atoms with E-state index in [0.717, 1.165) is 44.2 Å². The molecule has 2 heterocycles. The molecule has 0 N–H and O–H groups in total. The standard InChI is InChI=1S/C21H23ClN2O3/c22-18-5-2-16(3-6-18)15-23-8-1-9-24(11-10-23)21(25)17-4-7-19-20(14-17)27-13-12-26-19/h2-7,14H,1,8-13,15H2. The van der Waals surface area contributed by atoms with Gasteiger partial charge in [0.25, 0.3) is 5.91 Å². The summed E-state index contributed by atoms with van der Waals surface area (Å²) in [6, 6.07) is 13.4. The number of nitrogens with zero attached hydrogens (tertiary/aromatic N) is 2. The predicted octanol–water partition coefficient (Wildman–Crippen LogP) is 3.46. The fraction of sp³-hybridized carbons (Fsp3) is 0.381. The van der Waals surface area contributed by atoms with Crippen LogP contribution >= 0.6 is 11.6 Å². The first kappa shape index (κ1) is 18.1. The number of amides is 1. The van der Waals surface area contributed by atoms with Crippen molar-refractivity contribution < 1.29 is 14.3 Å². The van der Waals surface area contributed by atoms with Crippen LogP contribution in [0.4, 0.5) is 0 Å². The van der Waals surface area contributed by atoms with Gasteiger partial charge >= 0.3 is 0 Å². The molecule has 0 aliphatic carbocycles. The first-order valence-electron chi connectivity index (χ1n) is 9.35. The van der Waals surface area contributed by atoms with E-state index in [4.69, 9.17) is 21.1 Å². The lowest BCUT2D eigenvalue weighted by Crippen LogP contribution is -2.35. The first-order chi connectivity index (χ1) is 13.2. The van der Waals surface area contributed by atoms with Crippen LogP contribution in [0.1, 0.15) is 22.3 Å². The zero-order chi connectivity index (χ0) is 18.6. The van der Waals surface area contributed by atoms with Crippen LogP contribution in [0.2, 0.25) is 5.02 Å². The number of hydrogen-bond donors (Lipinski definition) is 0. The van der Waals surface area contributed by atoms with Gasteiger partial charge in [-0.2, -0.15) is 0 Å². The minimum atomic E-state index is 0.0558. The Balaban J connectivity index is 1.38. The number of halogens is 1. The Labute approximate surface area is 164 Å². The maximum atomic E-state index is 12.9. The summed E-state index contributed by atoms with van der Waals surface area (Å²) in [5.41, 5.74) is 1.90. The van der Waals surface area contributed by atoms with Crippen LogP contribution in [0, 0.1) is 0 Å². The summed E-state index contributed by atoms with van der Waals surface area (Å²) in [5.74, 6) is 1.43. The van der Waals surface area contributed by atoms with E-state index in [0.29, 0.717) is 30.3 Å². The molecule has 0 spiro atoms. The van der Waals surface area contributed by atoms with Crippen LogP contribution in [0.3, 0.4) is 0 Å². The molecule has 1 fully saturated rings. The average molecular weight is 387 g/mol. The van der Waals surface area contributed by atoms with E-state index in [1.807, 2.05) is 29.2 Å². The number of carbonyl (C=O) groups is 1. The molecule has 2 aliphatic heterocycles. The van der Waals surface area contributed by atoms with E-state index in [1.54, 1.807) is 6.07 Å². The maximum Gasteiger partial charge on any atom is 0.254 e. The van der Waals surface area contributed by atoms with Crippen LogP contribution in [0.15, 0.2) is 42.5 Å². The Morgan fingerprint density at radius 2 is 1.70 bits per heavy atom. The second kappa shape index (κ2) is 8.19. The number of hydrogen-bond acceptors (Lipinski definition) is 4. The number of fused-ring (bicyclic) bond motifs is 1. The third kappa shape index (κ3) is 4.37. The summed E-state index contributed by atoms with van der Waals surface area (Å²) in [6.07, 6.45) is 0.962. The van der Waals surface area contributed by atoms with Crippen molar-refractivity contribution in [2.75, 3.05) is 39.4 Å². The van der Waals surface area contributed by atoms with Gasteiger partial charge in [0, 0.05) is 43.3 Å². The summed E-state index contributed by atoms with van der Waals surface area (Å²) in [5, 5.41) is 0.755. The summed E-state index contributed by atoms with van der Waals surface area (Å²) in [4.78, 5) is 17.3.